The van der Waals surface area contributed by atoms with Crippen LogP contribution in [-0.2, 0) is 0 Å². The van der Waals surface area contributed by atoms with Crippen LogP contribution in [0.4, 0.5) is 0 Å². The van der Waals surface area contributed by atoms with Crippen LogP contribution in [0.25, 0.3) is 0 Å². The van der Waals surface area contributed by atoms with Crippen LogP contribution in [0, 0.1) is 0 Å². The highest BCUT2D eigenvalue weighted by Gasteiger charge is 2.32. The Morgan fingerprint density at radius 1 is 1.41 bits per heavy atom. The Hall–Kier alpha value is -1.29. The highest BCUT2D eigenvalue weighted by atomic mass is 16.3. The summed E-state index contributed by atoms with van der Waals surface area (Å²) in [5, 5.41) is 9.27. The second kappa shape index (κ2) is 4.18. The molecule has 92 valence electrons. The molecular weight excluding hydrogens is 216 g/mol. The molecule has 4 nitrogen and oxygen atoms in total. The molecule has 17 heavy (non-hydrogen) atoms. The maximum atomic E-state index is 12.4. The molecule has 1 aliphatic heterocycles. The maximum absolute atomic E-state index is 12.4. The van der Waals surface area contributed by atoms with Crippen molar-refractivity contribution in [3.63, 3.8) is 0 Å². The van der Waals surface area contributed by atoms with E-state index in [0.717, 1.165) is 25.1 Å². The van der Waals surface area contributed by atoms with E-state index in [1.165, 1.54) is 12.8 Å². The molecule has 0 bridgehead atoms. The molecular formula is C13H18N2O2. The van der Waals surface area contributed by atoms with E-state index in [1.807, 2.05) is 23.2 Å². The number of aliphatic hydroxyl groups is 1. The fraction of sp³-hybridized carbons (Fsp3) is 0.615. The van der Waals surface area contributed by atoms with Gasteiger partial charge in [0.2, 0.25) is 0 Å². The standard InChI is InChI=1S/C13H18N2O2/c16-9-11-3-1-8-15(11)13(17)12-4-2-7-14(12)10-5-6-10/h2,4,7,10-11,16H,1,3,5-6,8-9H2. The summed E-state index contributed by atoms with van der Waals surface area (Å²) >= 11 is 0. The molecule has 1 saturated heterocycles. The van der Waals surface area contributed by atoms with Gasteiger partial charge in [0.05, 0.1) is 12.6 Å². The Kier molecular flexibility index (Phi) is 2.67. The van der Waals surface area contributed by atoms with Crippen molar-refractivity contribution in [2.24, 2.45) is 0 Å². The number of rotatable bonds is 3. The van der Waals surface area contributed by atoms with Gasteiger partial charge in [-0.2, -0.15) is 0 Å². The van der Waals surface area contributed by atoms with Gasteiger partial charge in [-0.05, 0) is 37.8 Å². The summed E-state index contributed by atoms with van der Waals surface area (Å²) in [6, 6.07) is 4.38. The summed E-state index contributed by atoms with van der Waals surface area (Å²) in [6.07, 6.45) is 6.28. The number of carbonyl (C=O) groups is 1. The zero-order valence-electron chi connectivity index (χ0n) is 9.88. The highest BCUT2D eigenvalue weighted by Crippen LogP contribution is 2.36. The van der Waals surface area contributed by atoms with Crippen molar-refractivity contribution in [2.45, 2.75) is 37.8 Å². The first-order chi connectivity index (χ1) is 8.31. The predicted molar refractivity (Wildman–Crippen MR) is 63.8 cm³/mol. The van der Waals surface area contributed by atoms with Crippen LogP contribution in [-0.4, -0.2) is 39.7 Å². The largest absolute Gasteiger partial charge is 0.394 e. The first-order valence-corrected chi connectivity index (χ1v) is 6.40. The van der Waals surface area contributed by atoms with Gasteiger partial charge in [0.25, 0.3) is 5.91 Å². The van der Waals surface area contributed by atoms with Crippen LogP contribution in [0.5, 0.6) is 0 Å². The Bertz CT molecular complexity index is 423. The van der Waals surface area contributed by atoms with Gasteiger partial charge in [-0.25, -0.2) is 0 Å². The molecule has 0 aromatic carbocycles. The lowest BCUT2D eigenvalue weighted by molar-refractivity contribution is 0.0666. The van der Waals surface area contributed by atoms with E-state index in [9.17, 15) is 9.90 Å². The quantitative estimate of drug-likeness (QED) is 0.859. The van der Waals surface area contributed by atoms with Gasteiger partial charge in [0.15, 0.2) is 0 Å². The number of hydrogen-bond donors (Lipinski definition) is 1. The van der Waals surface area contributed by atoms with Crippen molar-refractivity contribution < 1.29 is 9.90 Å². The third kappa shape index (κ3) is 1.86. The van der Waals surface area contributed by atoms with Gasteiger partial charge in [0, 0.05) is 18.8 Å². The summed E-state index contributed by atoms with van der Waals surface area (Å²) in [6.45, 7) is 0.857. The number of carbonyl (C=O) groups excluding carboxylic acids is 1. The Labute approximate surface area is 101 Å². The number of likely N-dealkylation sites (tertiary alicyclic amines) is 1. The van der Waals surface area contributed by atoms with Crippen LogP contribution in [0.2, 0.25) is 0 Å². The fourth-order valence-electron chi connectivity index (χ4n) is 2.69. The third-order valence-corrected chi connectivity index (χ3v) is 3.79. The molecule has 1 aliphatic carbocycles. The monoisotopic (exact) mass is 234 g/mol. The molecule has 0 spiro atoms. The van der Waals surface area contributed by atoms with E-state index < -0.39 is 0 Å². The third-order valence-electron chi connectivity index (χ3n) is 3.79. The van der Waals surface area contributed by atoms with Gasteiger partial charge in [-0.15, -0.1) is 0 Å². The molecule has 1 N–H and O–H groups in total. The molecule has 1 amide bonds. The lowest BCUT2D eigenvalue weighted by atomic mass is 10.2. The molecule has 2 fully saturated rings. The van der Waals surface area contributed by atoms with Crippen molar-refractivity contribution in [1.82, 2.24) is 9.47 Å². The van der Waals surface area contributed by atoms with E-state index >= 15 is 0 Å². The Balaban J connectivity index is 1.83. The van der Waals surface area contributed by atoms with Crippen LogP contribution in [0.15, 0.2) is 18.3 Å². The van der Waals surface area contributed by atoms with Crippen LogP contribution >= 0.6 is 0 Å². The fourth-order valence-corrected chi connectivity index (χ4v) is 2.69. The predicted octanol–water partition coefficient (Wildman–Crippen LogP) is 1.42. The molecule has 4 heteroatoms. The number of nitrogens with zero attached hydrogens (tertiary/aromatic N) is 2. The van der Waals surface area contributed by atoms with E-state index in [1.54, 1.807) is 0 Å². The number of aromatic nitrogens is 1. The summed E-state index contributed by atoms with van der Waals surface area (Å²) in [5.41, 5.74) is 0.785. The summed E-state index contributed by atoms with van der Waals surface area (Å²) in [4.78, 5) is 14.3. The van der Waals surface area contributed by atoms with Crippen LogP contribution in [0.3, 0.4) is 0 Å². The number of amides is 1. The Morgan fingerprint density at radius 2 is 2.24 bits per heavy atom. The molecule has 1 aromatic rings. The summed E-state index contributed by atoms with van der Waals surface area (Å²) in [7, 11) is 0. The first kappa shape index (κ1) is 10.8. The molecule has 1 atom stereocenters. The van der Waals surface area contributed by atoms with Gasteiger partial charge in [0.1, 0.15) is 5.69 Å². The van der Waals surface area contributed by atoms with Crippen LogP contribution < -0.4 is 0 Å². The molecule has 1 unspecified atom stereocenters. The molecule has 3 rings (SSSR count). The smallest absolute Gasteiger partial charge is 0.270 e. The van der Waals surface area contributed by atoms with Gasteiger partial charge in [-0.3, -0.25) is 4.79 Å². The summed E-state index contributed by atoms with van der Waals surface area (Å²) in [5.74, 6) is 0.0819. The van der Waals surface area contributed by atoms with Crippen LogP contribution in [0.1, 0.15) is 42.2 Å². The molecule has 1 saturated carbocycles. The number of aliphatic hydroxyl groups excluding tert-OH is 1. The van der Waals surface area contributed by atoms with Crippen molar-refractivity contribution >= 4 is 5.91 Å². The minimum Gasteiger partial charge on any atom is -0.394 e. The minimum absolute atomic E-state index is 0.0186. The van der Waals surface area contributed by atoms with Crippen molar-refractivity contribution in [3.8, 4) is 0 Å². The van der Waals surface area contributed by atoms with Crippen molar-refractivity contribution in [1.29, 1.82) is 0 Å². The topological polar surface area (TPSA) is 45.5 Å². The molecule has 1 aromatic heterocycles. The lowest BCUT2D eigenvalue weighted by Crippen LogP contribution is -2.38. The average Bonchev–Trinajstić information content (AvgIpc) is 2.92. The SMILES string of the molecule is O=C(c1cccn1C1CC1)N1CCCC1CO. The molecule has 0 radical (unpaired) electrons. The van der Waals surface area contributed by atoms with Gasteiger partial charge >= 0.3 is 0 Å². The molecule has 2 heterocycles. The first-order valence-electron chi connectivity index (χ1n) is 6.40. The minimum atomic E-state index is 0.0186. The zero-order valence-corrected chi connectivity index (χ0v) is 9.88. The average molecular weight is 234 g/mol. The highest BCUT2D eigenvalue weighted by molar-refractivity contribution is 5.93. The van der Waals surface area contributed by atoms with Crippen molar-refractivity contribution in [2.75, 3.05) is 13.2 Å². The van der Waals surface area contributed by atoms with Gasteiger partial charge in [-0.1, -0.05) is 0 Å². The van der Waals surface area contributed by atoms with Crippen molar-refractivity contribution in [3.05, 3.63) is 24.0 Å². The lowest BCUT2D eigenvalue weighted by Gasteiger charge is -2.23. The normalized spacial score (nSPS) is 24.3. The molecule has 2 aliphatic rings. The Morgan fingerprint density at radius 3 is 2.94 bits per heavy atom. The second-order valence-corrected chi connectivity index (χ2v) is 5.01. The van der Waals surface area contributed by atoms with E-state index in [4.69, 9.17) is 0 Å². The maximum Gasteiger partial charge on any atom is 0.270 e. The zero-order chi connectivity index (χ0) is 11.8. The van der Waals surface area contributed by atoms with E-state index in [2.05, 4.69) is 4.57 Å². The summed E-state index contributed by atoms with van der Waals surface area (Å²) < 4.78 is 2.09. The van der Waals surface area contributed by atoms with E-state index in [-0.39, 0.29) is 18.6 Å². The second-order valence-electron chi connectivity index (χ2n) is 5.01. The van der Waals surface area contributed by atoms with Gasteiger partial charge < -0.3 is 14.6 Å². The number of hydrogen-bond acceptors (Lipinski definition) is 2. The van der Waals surface area contributed by atoms with E-state index in [0.29, 0.717) is 6.04 Å².